The molecule has 0 fully saturated rings. The number of rotatable bonds is 10. The van der Waals surface area contributed by atoms with Crippen LogP contribution in [0, 0.1) is 19.8 Å². The standard InChI is InChI=1S/C24H30N2O6/c1-15(2)13-31-20-10-9-18(11-21(20)30-5)24(29)32-14-23(28)25-12-22(27)26-19-8-6-7-16(3)17(19)4/h6-11,15H,12-14H2,1-5H3,(H,25,28)(H,26,27). The van der Waals surface area contributed by atoms with Gasteiger partial charge < -0.3 is 24.8 Å². The summed E-state index contributed by atoms with van der Waals surface area (Å²) in [6.45, 7) is 7.66. The fourth-order valence-electron chi connectivity index (χ4n) is 2.70. The van der Waals surface area contributed by atoms with Crippen LogP contribution in [0.4, 0.5) is 5.69 Å². The number of methoxy groups -OCH3 is 1. The predicted octanol–water partition coefficient (Wildman–Crippen LogP) is 3.26. The highest BCUT2D eigenvalue weighted by Gasteiger charge is 2.15. The van der Waals surface area contributed by atoms with E-state index in [0.29, 0.717) is 29.7 Å². The third-order valence-corrected chi connectivity index (χ3v) is 4.63. The Morgan fingerprint density at radius 3 is 2.44 bits per heavy atom. The van der Waals surface area contributed by atoms with Crippen LogP contribution in [0.15, 0.2) is 36.4 Å². The Labute approximate surface area is 188 Å². The van der Waals surface area contributed by atoms with E-state index < -0.39 is 18.5 Å². The maximum atomic E-state index is 12.3. The molecule has 0 unspecified atom stereocenters. The maximum Gasteiger partial charge on any atom is 0.338 e. The van der Waals surface area contributed by atoms with Gasteiger partial charge in [-0.2, -0.15) is 0 Å². The number of benzene rings is 2. The molecule has 8 heteroatoms. The van der Waals surface area contributed by atoms with E-state index in [2.05, 4.69) is 10.6 Å². The molecule has 0 heterocycles. The van der Waals surface area contributed by atoms with E-state index in [4.69, 9.17) is 14.2 Å². The summed E-state index contributed by atoms with van der Waals surface area (Å²) in [5.74, 6) is -0.393. The second kappa shape index (κ2) is 11.7. The van der Waals surface area contributed by atoms with Crippen molar-refractivity contribution in [1.29, 1.82) is 0 Å². The molecule has 0 aliphatic heterocycles. The Morgan fingerprint density at radius 2 is 1.75 bits per heavy atom. The number of anilines is 1. The van der Waals surface area contributed by atoms with Gasteiger partial charge in [-0.15, -0.1) is 0 Å². The Hall–Kier alpha value is -3.55. The Balaban J connectivity index is 1.82. The van der Waals surface area contributed by atoms with Crippen LogP contribution in [-0.4, -0.2) is 44.7 Å². The summed E-state index contributed by atoms with van der Waals surface area (Å²) in [6.07, 6.45) is 0. The summed E-state index contributed by atoms with van der Waals surface area (Å²) >= 11 is 0. The fraction of sp³-hybridized carbons (Fsp3) is 0.375. The lowest BCUT2D eigenvalue weighted by Gasteiger charge is -2.13. The van der Waals surface area contributed by atoms with Gasteiger partial charge in [-0.1, -0.05) is 26.0 Å². The average molecular weight is 443 g/mol. The molecule has 0 radical (unpaired) electrons. The van der Waals surface area contributed by atoms with Crippen LogP contribution in [0.5, 0.6) is 11.5 Å². The van der Waals surface area contributed by atoms with E-state index in [1.807, 2.05) is 39.8 Å². The van der Waals surface area contributed by atoms with Crippen LogP contribution in [0.1, 0.15) is 35.3 Å². The van der Waals surface area contributed by atoms with Crippen LogP contribution < -0.4 is 20.1 Å². The third-order valence-electron chi connectivity index (χ3n) is 4.63. The predicted molar refractivity (Wildman–Crippen MR) is 121 cm³/mol. The number of amides is 2. The van der Waals surface area contributed by atoms with Gasteiger partial charge in [-0.3, -0.25) is 9.59 Å². The molecule has 0 aromatic heterocycles. The van der Waals surface area contributed by atoms with E-state index in [9.17, 15) is 14.4 Å². The highest BCUT2D eigenvalue weighted by atomic mass is 16.5. The monoisotopic (exact) mass is 442 g/mol. The minimum atomic E-state index is -0.686. The van der Waals surface area contributed by atoms with Gasteiger partial charge in [0.1, 0.15) is 0 Å². The summed E-state index contributed by atoms with van der Waals surface area (Å²) in [5, 5.41) is 5.17. The van der Waals surface area contributed by atoms with Crippen molar-refractivity contribution in [3.63, 3.8) is 0 Å². The SMILES string of the molecule is COc1cc(C(=O)OCC(=O)NCC(=O)Nc2cccc(C)c2C)ccc1OCC(C)C. The summed E-state index contributed by atoms with van der Waals surface area (Å²) in [5.41, 5.74) is 2.91. The lowest BCUT2D eigenvalue weighted by Crippen LogP contribution is -2.35. The van der Waals surface area contributed by atoms with Gasteiger partial charge in [0.15, 0.2) is 18.1 Å². The largest absolute Gasteiger partial charge is 0.493 e. The zero-order valence-corrected chi connectivity index (χ0v) is 19.1. The average Bonchev–Trinajstić information content (AvgIpc) is 2.77. The molecule has 2 rings (SSSR count). The van der Waals surface area contributed by atoms with Crippen molar-refractivity contribution in [3.05, 3.63) is 53.1 Å². The molecule has 0 atom stereocenters. The lowest BCUT2D eigenvalue weighted by molar-refractivity contribution is -0.126. The van der Waals surface area contributed by atoms with Crippen molar-refractivity contribution in [1.82, 2.24) is 5.32 Å². The number of ether oxygens (including phenoxy) is 3. The number of carbonyl (C=O) groups is 3. The number of carbonyl (C=O) groups excluding carboxylic acids is 3. The van der Waals surface area contributed by atoms with Gasteiger partial charge in [-0.25, -0.2) is 4.79 Å². The zero-order chi connectivity index (χ0) is 23.7. The first-order valence-corrected chi connectivity index (χ1v) is 10.3. The molecule has 2 amide bonds. The Kier molecular flexibility index (Phi) is 9.07. The second-order valence-corrected chi connectivity index (χ2v) is 7.72. The van der Waals surface area contributed by atoms with Crippen molar-refractivity contribution in [2.24, 2.45) is 5.92 Å². The highest BCUT2D eigenvalue weighted by Crippen LogP contribution is 2.28. The normalized spacial score (nSPS) is 10.4. The van der Waals surface area contributed by atoms with E-state index in [0.717, 1.165) is 11.1 Å². The molecule has 0 aliphatic rings. The van der Waals surface area contributed by atoms with Crippen LogP contribution in [0.25, 0.3) is 0 Å². The zero-order valence-electron chi connectivity index (χ0n) is 19.1. The molecule has 0 aliphatic carbocycles. The van der Waals surface area contributed by atoms with E-state index >= 15 is 0 Å². The van der Waals surface area contributed by atoms with Crippen molar-refractivity contribution in [2.45, 2.75) is 27.7 Å². The lowest BCUT2D eigenvalue weighted by atomic mass is 10.1. The van der Waals surface area contributed by atoms with E-state index in [1.54, 1.807) is 12.1 Å². The van der Waals surface area contributed by atoms with Crippen molar-refractivity contribution >= 4 is 23.5 Å². The summed E-state index contributed by atoms with van der Waals surface area (Å²) in [6, 6.07) is 10.2. The summed E-state index contributed by atoms with van der Waals surface area (Å²) < 4.78 is 16.0. The molecule has 8 nitrogen and oxygen atoms in total. The number of nitrogens with one attached hydrogen (secondary N) is 2. The first-order chi connectivity index (χ1) is 15.2. The Bertz CT molecular complexity index is 971. The van der Waals surface area contributed by atoms with Crippen molar-refractivity contribution < 1.29 is 28.6 Å². The minimum absolute atomic E-state index is 0.221. The third kappa shape index (κ3) is 7.30. The molecule has 32 heavy (non-hydrogen) atoms. The fourth-order valence-corrected chi connectivity index (χ4v) is 2.70. The quantitative estimate of drug-likeness (QED) is 0.548. The van der Waals surface area contributed by atoms with Gasteiger partial charge in [0.25, 0.3) is 5.91 Å². The maximum absolute atomic E-state index is 12.3. The first kappa shape index (κ1) is 24.7. The van der Waals surface area contributed by atoms with E-state index in [-0.39, 0.29) is 18.0 Å². The molecule has 0 saturated heterocycles. The van der Waals surface area contributed by atoms with Gasteiger partial charge in [-0.05, 0) is 55.2 Å². The van der Waals surface area contributed by atoms with Crippen LogP contribution in [-0.2, 0) is 14.3 Å². The van der Waals surface area contributed by atoms with Gasteiger partial charge in [0, 0.05) is 5.69 Å². The molecule has 0 spiro atoms. The molecule has 2 aromatic carbocycles. The highest BCUT2D eigenvalue weighted by molar-refractivity contribution is 5.96. The van der Waals surface area contributed by atoms with Crippen molar-refractivity contribution in [2.75, 3.05) is 32.2 Å². The van der Waals surface area contributed by atoms with Gasteiger partial charge in [0.05, 0.1) is 25.8 Å². The summed E-state index contributed by atoms with van der Waals surface area (Å²) in [4.78, 5) is 36.3. The van der Waals surface area contributed by atoms with Crippen LogP contribution >= 0.6 is 0 Å². The number of aryl methyl sites for hydroxylation is 1. The van der Waals surface area contributed by atoms with Crippen molar-refractivity contribution in [3.8, 4) is 11.5 Å². The van der Waals surface area contributed by atoms with E-state index in [1.165, 1.54) is 19.2 Å². The molecular weight excluding hydrogens is 412 g/mol. The number of hydrogen-bond acceptors (Lipinski definition) is 6. The molecule has 2 aromatic rings. The van der Waals surface area contributed by atoms with Gasteiger partial charge in [0.2, 0.25) is 5.91 Å². The molecular formula is C24H30N2O6. The second-order valence-electron chi connectivity index (χ2n) is 7.72. The van der Waals surface area contributed by atoms with Crippen LogP contribution in [0.2, 0.25) is 0 Å². The number of hydrogen-bond donors (Lipinski definition) is 2. The Morgan fingerprint density at radius 1 is 1.00 bits per heavy atom. The molecule has 0 bridgehead atoms. The van der Waals surface area contributed by atoms with Gasteiger partial charge >= 0.3 is 5.97 Å². The smallest absolute Gasteiger partial charge is 0.338 e. The summed E-state index contributed by atoms with van der Waals surface area (Å²) in [7, 11) is 1.48. The topological polar surface area (TPSA) is 103 Å². The molecule has 172 valence electrons. The van der Waals surface area contributed by atoms with Crippen LogP contribution in [0.3, 0.4) is 0 Å². The minimum Gasteiger partial charge on any atom is -0.493 e. The molecule has 0 saturated carbocycles. The first-order valence-electron chi connectivity index (χ1n) is 10.3. The molecule has 2 N–H and O–H groups in total. The number of esters is 1.